The van der Waals surface area contributed by atoms with Gasteiger partial charge in [-0.2, -0.15) is 5.10 Å². The standard InChI is InChI=1S/C15H19N5O/c1-2-13-18-14-12(8-5-9-20(14)19-13)17-15(21)10-6-3-4-7-11(10)16/h3-4,6-7,12H,2,5,8-9,16H2,1H3,(H,17,21). The molecule has 1 unspecified atom stereocenters. The number of benzene rings is 1. The third-order valence-corrected chi connectivity index (χ3v) is 3.75. The van der Waals surface area contributed by atoms with Crippen molar-refractivity contribution in [1.82, 2.24) is 20.1 Å². The van der Waals surface area contributed by atoms with Gasteiger partial charge < -0.3 is 11.1 Å². The molecule has 3 N–H and O–H groups in total. The van der Waals surface area contributed by atoms with Crippen molar-refractivity contribution in [2.24, 2.45) is 0 Å². The third-order valence-electron chi connectivity index (χ3n) is 3.75. The fourth-order valence-electron chi connectivity index (χ4n) is 2.63. The Morgan fingerprint density at radius 1 is 1.48 bits per heavy atom. The molecule has 1 amide bonds. The van der Waals surface area contributed by atoms with Gasteiger partial charge in [-0.05, 0) is 25.0 Å². The molecule has 0 saturated heterocycles. The summed E-state index contributed by atoms with van der Waals surface area (Å²) in [7, 11) is 0. The molecule has 2 aromatic rings. The topological polar surface area (TPSA) is 85.8 Å². The summed E-state index contributed by atoms with van der Waals surface area (Å²) in [5.74, 6) is 1.51. The maximum Gasteiger partial charge on any atom is 0.253 e. The number of nitrogen functional groups attached to an aromatic ring is 1. The molecule has 0 radical (unpaired) electrons. The summed E-state index contributed by atoms with van der Waals surface area (Å²) < 4.78 is 1.90. The number of para-hydroxylation sites is 1. The lowest BCUT2D eigenvalue weighted by Crippen LogP contribution is -2.33. The zero-order chi connectivity index (χ0) is 14.8. The minimum absolute atomic E-state index is 0.0985. The molecule has 1 aromatic heterocycles. The maximum absolute atomic E-state index is 12.4. The van der Waals surface area contributed by atoms with Crippen molar-refractivity contribution in [2.75, 3.05) is 5.73 Å². The minimum Gasteiger partial charge on any atom is -0.398 e. The van der Waals surface area contributed by atoms with Crippen LogP contribution in [0.5, 0.6) is 0 Å². The monoisotopic (exact) mass is 285 g/mol. The maximum atomic E-state index is 12.4. The fourth-order valence-corrected chi connectivity index (χ4v) is 2.63. The van der Waals surface area contributed by atoms with Gasteiger partial charge in [0.05, 0.1) is 11.6 Å². The van der Waals surface area contributed by atoms with Crippen LogP contribution in [-0.4, -0.2) is 20.7 Å². The number of aryl methyl sites for hydroxylation is 2. The van der Waals surface area contributed by atoms with Crippen LogP contribution in [0.4, 0.5) is 5.69 Å². The molecule has 1 aromatic carbocycles. The summed E-state index contributed by atoms with van der Waals surface area (Å²) in [5, 5.41) is 7.47. The van der Waals surface area contributed by atoms with Gasteiger partial charge in [-0.3, -0.25) is 4.79 Å². The van der Waals surface area contributed by atoms with Crippen LogP contribution >= 0.6 is 0 Å². The fraction of sp³-hybridized carbons (Fsp3) is 0.400. The second-order valence-corrected chi connectivity index (χ2v) is 5.22. The zero-order valence-corrected chi connectivity index (χ0v) is 12.0. The quantitative estimate of drug-likeness (QED) is 0.840. The Balaban J connectivity index is 1.82. The molecule has 0 fully saturated rings. The molecule has 1 atom stereocenters. The molecule has 110 valence electrons. The highest BCUT2D eigenvalue weighted by Gasteiger charge is 2.26. The van der Waals surface area contributed by atoms with Crippen LogP contribution in [0.15, 0.2) is 24.3 Å². The molecule has 6 heteroatoms. The number of nitrogens with two attached hydrogens (primary N) is 1. The molecule has 0 aliphatic carbocycles. The first-order chi connectivity index (χ1) is 10.2. The van der Waals surface area contributed by atoms with Crippen molar-refractivity contribution in [2.45, 2.75) is 38.8 Å². The van der Waals surface area contributed by atoms with E-state index >= 15 is 0 Å². The Bertz CT molecular complexity index is 664. The van der Waals surface area contributed by atoms with E-state index in [0.717, 1.165) is 37.5 Å². The first-order valence-electron chi connectivity index (χ1n) is 7.28. The highest BCUT2D eigenvalue weighted by atomic mass is 16.1. The predicted octanol–water partition coefficient (Wildman–Crippen LogP) is 1.69. The van der Waals surface area contributed by atoms with Gasteiger partial charge in [0.15, 0.2) is 5.82 Å². The average molecular weight is 285 g/mol. The number of rotatable bonds is 3. The molecule has 3 rings (SSSR count). The van der Waals surface area contributed by atoms with Crippen LogP contribution in [0, 0.1) is 0 Å². The summed E-state index contributed by atoms with van der Waals surface area (Å²) in [6.45, 7) is 2.89. The molecule has 0 bridgehead atoms. The Hall–Kier alpha value is -2.37. The van der Waals surface area contributed by atoms with Gasteiger partial charge >= 0.3 is 0 Å². The van der Waals surface area contributed by atoms with Gasteiger partial charge in [0.25, 0.3) is 5.91 Å². The number of fused-ring (bicyclic) bond motifs is 1. The largest absolute Gasteiger partial charge is 0.398 e. The number of amides is 1. The van der Waals surface area contributed by atoms with Crippen LogP contribution in [-0.2, 0) is 13.0 Å². The number of nitrogens with one attached hydrogen (secondary N) is 1. The highest BCUT2D eigenvalue weighted by Crippen LogP contribution is 2.24. The van der Waals surface area contributed by atoms with Crippen molar-refractivity contribution in [3.05, 3.63) is 41.5 Å². The van der Waals surface area contributed by atoms with Crippen molar-refractivity contribution >= 4 is 11.6 Å². The summed E-state index contributed by atoms with van der Waals surface area (Å²) in [4.78, 5) is 16.9. The lowest BCUT2D eigenvalue weighted by molar-refractivity contribution is 0.0928. The van der Waals surface area contributed by atoms with E-state index in [9.17, 15) is 4.79 Å². The van der Waals surface area contributed by atoms with Crippen LogP contribution in [0.2, 0.25) is 0 Å². The van der Waals surface area contributed by atoms with Gasteiger partial charge in [-0.25, -0.2) is 9.67 Å². The molecular formula is C15H19N5O. The zero-order valence-electron chi connectivity index (χ0n) is 12.0. The van der Waals surface area contributed by atoms with E-state index in [1.807, 2.05) is 23.7 Å². The first kappa shape index (κ1) is 13.6. The summed E-state index contributed by atoms with van der Waals surface area (Å²) in [6.07, 6.45) is 2.65. The predicted molar refractivity (Wildman–Crippen MR) is 79.7 cm³/mol. The Morgan fingerprint density at radius 2 is 2.29 bits per heavy atom. The normalized spacial score (nSPS) is 17.3. The van der Waals surface area contributed by atoms with Crippen molar-refractivity contribution in [3.63, 3.8) is 0 Å². The number of carbonyl (C=O) groups excluding carboxylic acids is 1. The third kappa shape index (κ3) is 2.61. The van der Waals surface area contributed by atoms with Crippen LogP contribution < -0.4 is 11.1 Å². The van der Waals surface area contributed by atoms with Crippen LogP contribution in [0.25, 0.3) is 0 Å². The van der Waals surface area contributed by atoms with E-state index < -0.39 is 0 Å². The lowest BCUT2D eigenvalue weighted by atomic mass is 10.1. The van der Waals surface area contributed by atoms with Crippen LogP contribution in [0.1, 0.15) is 47.8 Å². The van der Waals surface area contributed by atoms with E-state index in [1.54, 1.807) is 12.1 Å². The Labute approximate surface area is 123 Å². The minimum atomic E-state index is -0.160. The molecule has 1 aliphatic rings. The molecule has 0 spiro atoms. The Kier molecular flexibility index (Phi) is 3.60. The number of anilines is 1. The second kappa shape index (κ2) is 5.55. The van der Waals surface area contributed by atoms with Crippen molar-refractivity contribution in [3.8, 4) is 0 Å². The van der Waals surface area contributed by atoms with Gasteiger partial charge in [-0.1, -0.05) is 19.1 Å². The number of carbonyl (C=O) groups is 1. The number of aromatic nitrogens is 3. The molecular weight excluding hydrogens is 266 g/mol. The lowest BCUT2D eigenvalue weighted by Gasteiger charge is -2.23. The van der Waals surface area contributed by atoms with Crippen LogP contribution in [0.3, 0.4) is 0 Å². The average Bonchev–Trinajstić information content (AvgIpc) is 2.92. The van der Waals surface area contributed by atoms with Gasteiger partial charge in [-0.15, -0.1) is 0 Å². The van der Waals surface area contributed by atoms with E-state index in [1.165, 1.54) is 0 Å². The van der Waals surface area contributed by atoms with Crippen molar-refractivity contribution < 1.29 is 4.79 Å². The highest BCUT2D eigenvalue weighted by molar-refractivity contribution is 5.99. The van der Waals surface area contributed by atoms with E-state index in [-0.39, 0.29) is 11.9 Å². The van der Waals surface area contributed by atoms with Gasteiger partial charge in [0.2, 0.25) is 0 Å². The molecule has 0 saturated carbocycles. The molecule has 21 heavy (non-hydrogen) atoms. The number of hydrogen-bond donors (Lipinski definition) is 2. The van der Waals surface area contributed by atoms with E-state index in [2.05, 4.69) is 15.4 Å². The first-order valence-corrected chi connectivity index (χ1v) is 7.28. The number of nitrogens with zero attached hydrogens (tertiary/aromatic N) is 3. The summed E-state index contributed by atoms with van der Waals surface area (Å²) >= 11 is 0. The molecule has 2 heterocycles. The number of hydrogen-bond acceptors (Lipinski definition) is 4. The Morgan fingerprint density at radius 3 is 3.05 bits per heavy atom. The smallest absolute Gasteiger partial charge is 0.253 e. The van der Waals surface area contributed by atoms with Gasteiger partial charge in [0.1, 0.15) is 5.82 Å². The van der Waals surface area contributed by atoms with Gasteiger partial charge in [0, 0.05) is 18.7 Å². The van der Waals surface area contributed by atoms with Crippen molar-refractivity contribution in [1.29, 1.82) is 0 Å². The second-order valence-electron chi connectivity index (χ2n) is 5.22. The summed E-state index contributed by atoms with van der Waals surface area (Å²) in [6, 6.07) is 6.99. The van der Waals surface area contributed by atoms with E-state index in [4.69, 9.17) is 5.73 Å². The van der Waals surface area contributed by atoms with E-state index in [0.29, 0.717) is 11.3 Å². The molecule has 1 aliphatic heterocycles. The SMILES string of the molecule is CCc1nc2n(n1)CCCC2NC(=O)c1ccccc1N. The molecule has 6 nitrogen and oxygen atoms in total. The summed E-state index contributed by atoms with van der Waals surface area (Å²) in [5.41, 5.74) is 6.84.